The van der Waals surface area contributed by atoms with E-state index >= 15 is 0 Å². The molecule has 4 amide bonds. The fourth-order valence-electron chi connectivity index (χ4n) is 2.16. The van der Waals surface area contributed by atoms with E-state index in [-0.39, 0.29) is 30.4 Å². The van der Waals surface area contributed by atoms with E-state index in [1.54, 1.807) is 11.0 Å². The minimum absolute atomic E-state index is 0.0466. The van der Waals surface area contributed by atoms with Gasteiger partial charge in [-0.15, -0.1) is 0 Å². The Hall–Kier alpha value is -2.31. The van der Waals surface area contributed by atoms with Crippen LogP contribution >= 0.6 is 0 Å². The summed E-state index contributed by atoms with van der Waals surface area (Å²) in [6, 6.07) is 1.000. The van der Waals surface area contributed by atoms with E-state index in [4.69, 9.17) is 4.42 Å². The molecule has 0 unspecified atom stereocenters. The summed E-state index contributed by atoms with van der Waals surface area (Å²) in [4.78, 5) is 37.5. The van der Waals surface area contributed by atoms with Gasteiger partial charge in [-0.25, -0.2) is 4.79 Å². The number of amides is 4. The van der Waals surface area contributed by atoms with Gasteiger partial charge in [-0.3, -0.25) is 14.5 Å². The van der Waals surface area contributed by atoms with Gasteiger partial charge in [-0.2, -0.15) is 0 Å². The lowest BCUT2D eigenvalue weighted by Gasteiger charge is -2.42. The van der Waals surface area contributed by atoms with Gasteiger partial charge in [-0.1, -0.05) is 0 Å². The maximum atomic E-state index is 11.9. The first-order chi connectivity index (χ1) is 8.66. The molecule has 1 N–H and O–H groups in total. The van der Waals surface area contributed by atoms with Gasteiger partial charge in [0, 0.05) is 13.1 Å². The molecule has 2 saturated heterocycles. The molecule has 0 aliphatic carbocycles. The average Bonchev–Trinajstić information content (AvgIpc) is 2.90. The van der Waals surface area contributed by atoms with Gasteiger partial charge in [-0.05, 0) is 6.07 Å². The molecule has 0 spiro atoms. The van der Waals surface area contributed by atoms with Crippen molar-refractivity contribution < 1.29 is 18.8 Å². The van der Waals surface area contributed by atoms with Crippen molar-refractivity contribution in [1.82, 2.24) is 15.1 Å². The van der Waals surface area contributed by atoms with Crippen LogP contribution in [0.15, 0.2) is 23.0 Å². The number of carbonyl (C=O) groups is 3. The van der Waals surface area contributed by atoms with Crippen LogP contribution in [0.25, 0.3) is 0 Å². The summed E-state index contributed by atoms with van der Waals surface area (Å²) in [5.41, 5.74) is 0.477. The fourth-order valence-corrected chi connectivity index (χ4v) is 2.16. The largest absolute Gasteiger partial charge is 0.472 e. The normalized spacial score (nSPS) is 20.0. The smallest absolute Gasteiger partial charge is 0.324 e. The zero-order valence-corrected chi connectivity index (χ0v) is 9.46. The van der Waals surface area contributed by atoms with E-state index < -0.39 is 0 Å². The Morgan fingerprint density at radius 3 is 2.72 bits per heavy atom. The number of carbonyl (C=O) groups excluding carboxylic acids is 3. The maximum Gasteiger partial charge on any atom is 0.324 e. The van der Waals surface area contributed by atoms with Crippen molar-refractivity contribution in [2.75, 3.05) is 19.6 Å². The summed E-state index contributed by atoms with van der Waals surface area (Å²) in [5.74, 6) is -0.382. The SMILES string of the molecule is O=C(c1ccoc1)N1CC(N2C(=O)CNC2=O)C1. The molecule has 7 heteroatoms. The van der Waals surface area contributed by atoms with Crippen molar-refractivity contribution in [3.8, 4) is 0 Å². The Kier molecular flexibility index (Phi) is 2.32. The number of imide groups is 1. The lowest BCUT2D eigenvalue weighted by Crippen LogP contribution is -2.62. The summed E-state index contributed by atoms with van der Waals surface area (Å²) in [7, 11) is 0. The van der Waals surface area contributed by atoms with Crippen molar-refractivity contribution in [2.45, 2.75) is 6.04 Å². The molecular formula is C11H11N3O4. The molecule has 0 radical (unpaired) electrons. The molecule has 0 bridgehead atoms. The van der Waals surface area contributed by atoms with E-state index in [2.05, 4.69) is 5.32 Å². The molecule has 0 aromatic carbocycles. The molecule has 0 atom stereocenters. The lowest BCUT2D eigenvalue weighted by atomic mass is 10.1. The number of nitrogens with one attached hydrogen (secondary N) is 1. The maximum absolute atomic E-state index is 11.9. The van der Waals surface area contributed by atoms with Crippen LogP contribution in [0.3, 0.4) is 0 Å². The second-order valence-corrected chi connectivity index (χ2v) is 4.30. The number of hydrogen-bond donors (Lipinski definition) is 1. The molecule has 2 fully saturated rings. The highest BCUT2D eigenvalue weighted by atomic mass is 16.3. The topological polar surface area (TPSA) is 82.9 Å². The summed E-state index contributed by atoms with van der Waals surface area (Å²) in [6.45, 7) is 0.803. The Balaban J connectivity index is 1.62. The first-order valence-electron chi connectivity index (χ1n) is 5.58. The fraction of sp³-hybridized carbons (Fsp3) is 0.364. The van der Waals surface area contributed by atoms with Gasteiger partial charge in [0.1, 0.15) is 6.26 Å². The molecule has 18 heavy (non-hydrogen) atoms. The third-order valence-corrected chi connectivity index (χ3v) is 3.16. The predicted molar refractivity (Wildman–Crippen MR) is 58.6 cm³/mol. The second kappa shape index (κ2) is 3.86. The standard InChI is InChI=1S/C11H11N3O4/c15-9-3-12-11(17)14(9)8-4-13(5-8)10(16)7-1-2-18-6-7/h1-2,6,8H,3-5H2,(H,12,17). The van der Waals surface area contributed by atoms with Crippen LogP contribution in [0.4, 0.5) is 4.79 Å². The third-order valence-electron chi connectivity index (χ3n) is 3.16. The summed E-state index contributed by atoms with van der Waals surface area (Å²) in [6.07, 6.45) is 2.81. The van der Waals surface area contributed by atoms with Gasteiger partial charge in [0.15, 0.2) is 0 Å². The van der Waals surface area contributed by atoms with Crippen LogP contribution in [0.1, 0.15) is 10.4 Å². The van der Waals surface area contributed by atoms with Gasteiger partial charge in [0.05, 0.1) is 24.4 Å². The van der Waals surface area contributed by atoms with Crippen molar-refractivity contribution in [1.29, 1.82) is 0 Å². The number of hydrogen-bond acceptors (Lipinski definition) is 4. The molecule has 2 aliphatic rings. The Morgan fingerprint density at radius 2 is 2.17 bits per heavy atom. The molecule has 1 aromatic rings. The molecule has 3 heterocycles. The van der Waals surface area contributed by atoms with Crippen LogP contribution in [0, 0.1) is 0 Å². The van der Waals surface area contributed by atoms with Crippen LogP contribution in [0.2, 0.25) is 0 Å². The van der Waals surface area contributed by atoms with Gasteiger partial charge < -0.3 is 14.6 Å². The first-order valence-corrected chi connectivity index (χ1v) is 5.58. The van der Waals surface area contributed by atoms with Gasteiger partial charge in [0.25, 0.3) is 5.91 Å². The molecule has 94 valence electrons. The quantitative estimate of drug-likeness (QED) is 0.726. The highest BCUT2D eigenvalue weighted by Crippen LogP contribution is 2.20. The van der Waals surface area contributed by atoms with E-state index in [0.29, 0.717) is 18.7 Å². The van der Waals surface area contributed by atoms with Crippen LogP contribution in [-0.4, -0.2) is 53.3 Å². The minimum Gasteiger partial charge on any atom is -0.472 e. The van der Waals surface area contributed by atoms with Crippen molar-refractivity contribution >= 4 is 17.8 Å². The predicted octanol–water partition coefficient (Wildman–Crippen LogP) is -0.344. The molecular weight excluding hydrogens is 238 g/mol. The minimum atomic E-state index is -0.375. The van der Waals surface area contributed by atoms with E-state index in [0.717, 1.165) is 0 Å². The third kappa shape index (κ3) is 1.55. The van der Waals surface area contributed by atoms with Gasteiger partial charge in [0.2, 0.25) is 5.91 Å². The Bertz CT molecular complexity index is 488. The van der Waals surface area contributed by atoms with Crippen LogP contribution in [-0.2, 0) is 4.79 Å². The zero-order valence-electron chi connectivity index (χ0n) is 9.46. The number of furan rings is 1. The molecule has 0 saturated carbocycles. The first kappa shape index (κ1) is 10.8. The molecule has 3 rings (SSSR count). The summed E-state index contributed by atoms with van der Waals surface area (Å²) in [5, 5.41) is 2.46. The van der Waals surface area contributed by atoms with Crippen molar-refractivity contribution in [2.24, 2.45) is 0 Å². The van der Waals surface area contributed by atoms with Gasteiger partial charge >= 0.3 is 6.03 Å². The highest BCUT2D eigenvalue weighted by molar-refractivity contribution is 6.03. The van der Waals surface area contributed by atoms with E-state index in [1.165, 1.54) is 17.4 Å². The Morgan fingerprint density at radius 1 is 1.39 bits per heavy atom. The van der Waals surface area contributed by atoms with E-state index in [9.17, 15) is 14.4 Å². The molecule has 1 aromatic heterocycles. The van der Waals surface area contributed by atoms with Crippen molar-refractivity contribution in [3.05, 3.63) is 24.2 Å². The molecule has 2 aliphatic heterocycles. The summed E-state index contributed by atoms with van der Waals surface area (Å²) >= 11 is 0. The zero-order chi connectivity index (χ0) is 12.7. The molecule has 7 nitrogen and oxygen atoms in total. The number of likely N-dealkylation sites (tertiary alicyclic amines) is 1. The number of rotatable bonds is 2. The Labute approximate surface area is 102 Å². The number of urea groups is 1. The lowest BCUT2D eigenvalue weighted by molar-refractivity contribution is -0.128. The summed E-state index contributed by atoms with van der Waals surface area (Å²) < 4.78 is 4.84. The van der Waals surface area contributed by atoms with E-state index in [1.807, 2.05) is 0 Å². The average molecular weight is 249 g/mol. The highest BCUT2D eigenvalue weighted by Gasteiger charge is 2.43. The van der Waals surface area contributed by atoms with Crippen LogP contribution in [0.5, 0.6) is 0 Å². The van der Waals surface area contributed by atoms with Crippen molar-refractivity contribution in [3.63, 3.8) is 0 Å². The monoisotopic (exact) mass is 249 g/mol. The second-order valence-electron chi connectivity index (χ2n) is 4.30. The number of nitrogens with zero attached hydrogens (tertiary/aromatic N) is 2. The van der Waals surface area contributed by atoms with Crippen LogP contribution < -0.4 is 5.32 Å².